The largest absolute Gasteiger partial charge is 0.354 e. The molecule has 49 heavy (non-hydrogen) atoms. The van der Waals surface area contributed by atoms with Crippen LogP contribution in [0.3, 0.4) is 0 Å². The molecule has 2 heterocycles. The maximum Gasteiger partial charge on any atom is 0.0548 e. The third kappa shape index (κ3) is 4.44. The Balaban J connectivity index is 1.15. The average Bonchev–Trinajstić information content (AvgIpc) is 3.70. The van der Waals surface area contributed by atoms with E-state index in [1.807, 2.05) is 0 Å². The van der Waals surface area contributed by atoms with Crippen molar-refractivity contribution in [1.29, 1.82) is 0 Å². The number of fused-ring (bicyclic) bond motifs is 8. The zero-order valence-corrected chi connectivity index (χ0v) is 26.7. The van der Waals surface area contributed by atoms with E-state index in [0.29, 0.717) is 0 Å². The van der Waals surface area contributed by atoms with E-state index in [0.717, 1.165) is 28.3 Å². The Morgan fingerprint density at radius 1 is 0.388 bits per heavy atom. The van der Waals surface area contributed by atoms with Crippen LogP contribution < -0.4 is 4.90 Å². The first-order valence-corrected chi connectivity index (χ1v) is 16.8. The van der Waals surface area contributed by atoms with Crippen LogP contribution in [0.15, 0.2) is 182 Å². The fourth-order valence-corrected chi connectivity index (χ4v) is 7.60. The molecule has 0 atom stereocenters. The second kappa shape index (κ2) is 11.0. The van der Waals surface area contributed by atoms with E-state index in [9.17, 15) is 0 Å². The van der Waals surface area contributed by atoms with Gasteiger partial charge >= 0.3 is 0 Å². The summed E-state index contributed by atoms with van der Waals surface area (Å²) in [6, 6.07) is 65.5. The standard InChI is InChI=1S/C46H31N3/c1-4-13-34(14-5-1)48(35-15-6-2-7-16-35)37-24-20-31(21-25-37)33-23-27-44-41(28-33)42-29-43-40(30-45(42)49(44)36-17-8-3-9-18-36)39-26-22-32-12-10-11-19-38(32)46(39)47-43/h1-30,47H. The molecule has 0 saturated carbocycles. The van der Waals surface area contributed by atoms with Crippen molar-refractivity contribution < 1.29 is 0 Å². The van der Waals surface area contributed by atoms with Gasteiger partial charge in [-0.3, -0.25) is 0 Å². The Bertz CT molecular complexity index is 2750. The van der Waals surface area contributed by atoms with Crippen LogP contribution in [0.4, 0.5) is 17.1 Å². The van der Waals surface area contributed by atoms with E-state index >= 15 is 0 Å². The number of H-pyrrole nitrogens is 1. The maximum atomic E-state index is 3.80. The number of anilines is 3. The molecule has 10 aromatic rings. The minimum absolute atomic E-state index is 1.12. The zero-order valence-electron chi connectivity index (χ0n) is 26.7. The molecule has 0 bridgehead atoms. The Morgan fingerprint density at radius 2 is 1.00 bits per heavy atom. The Morgan fingerprint density at radius 3 is 1.73 bits per heavy atom. The van der Waals surface area contributed by atoms with Crippen LogP contribution in [0.1, 0.15) is 0 Å². The molecule has 3 heteroatoms. The third-order valence-electron chi connectivity index (χ3n) is 9.89. The molecule has 0 radical (unpaired) electrons. The fourth-order valence-electron chi connectivity index (χ4n) is 7.60. The van der Waals surface area contributed by atoms with Crippen molar-refractivity contribution in [2.24, 2.45) is 0 Å². The van der Waals surface area contributed by atoms with Crippen molar-refractivity contribution in [3.05, 3.63) is 182 Å². The highest BCUT2D eigenvalue weighted by atomic mass is 15.1. The summed E-state index contributed by atoms with van der Waals surface area (Å²) in [6.07, 6.45) is 0. The minimum atomic E-state index is 1.12. The lowest BCUT2D eigenvalue weighted by molar-refractivity contribution is 1.18. The third-order valence-corrected chi connectivity index (χ3v) is 9.89. The van der Waals surface area contributed by atoms with Gasteiger partial charge in [0.15, 0.2) is 0 Å². The number of nitrogens with one attached hydrogen (secondary N) is 1. The van der Waals surface area contributed by atoms with E-state index in [-0.39, 0.29) is 0 Å². The molecule has 3 nitrogen and oxygen atoms in total. The van der Waals surface area contributed by atoms with Gasteiger partial charge in [0.1, 0.15) is 0 Å². The molecular weight excluding hydrogens is 595 g/mol. The first kappa shape index (κ1) is 27.5. The Kier molecular flexibility index (Phi) is 6.18. The van der Waals surface area contributed by atoms with E-state index in [1.165, 1.54) is 60.0 Å². The summed E-state index contributed by atoms with van der Waals surface area (Å²) >= 11 is 0. The molecular formula is C46H31N3. The van der Waals surface area contributed by atoms with Crippen LogP contribution in [0.5, 0.6) is 0 Å². The van der Waals surface area contributed by atoms with Crippen molar-refractivity contribution in [3.63, 3.8) is 0 Å². The number of rotatable bonds is 5. The van der Waals surface area contributed by atoms with Crippen molar-refractivity contribution in [3.8, 4) is 16.8 Å². The number of para-hydroxylation sites is 3. The molecule has 8 aromatic carbocycles. The van der Waals surface area contributed by atoms with Crippen LogP contribution in [0, 0.1) is 0 Å². The van der Waals surface area contributed by atoms with Crippen LogP contribution in [0.25, 0.3) is 71.2 Å². The highest BCUT2D eigenvalue weighted by molar-refractivity contribution is 6.22. The van der Waals surface area contributed by atoms with Crippen LogP contribution in [0.2, 0.25) is 0 Å². The highest BCUT2D eigenvalue weighted by Crippen LogP contribution is 2.41. The second-order valence-electron chi connectivity index (χ2n) is 12.7. The van der Waals surface area contributed by atoms with Gasteiger partial charge in [-0.05, 0) is 89.3 Å². The van der Waals surface area contributed by atoms with Gasteiger partial charge < -0.3 is 14.5 Å². The predicted octanol–water partition coefficient (Wildman–Crippen LogP) is 12.7. The summed E-state index contributed by atoms with van der Waals surface area (Å²) in [5.74, 6) is 0. The van der Waals surface area contributed by atoms with Gasteiger partial charge in [-0.2, -0.15) is 0 Å². The topological polar surface area (TPSA) is 24.0 Å². The zero-order chi connectivity index (χ0) is 32.3. The van der Waals surface area contributed by atoms with Gasteiger partial charge in [-0.25, -0.2) is 0 Å². The molecule has 10 rings (SSSR count). The van der Waals surface area contributed by atoms with Gasteiger partial charge in [0, 0.05) is 55.2 Å². The van der Waals surface area contributed by atoms with Gasteiger partial charge in [-0.1, -0.05) is 109 Å². The molecule has 0 spiro atoms. The first-order chi connectivity index (χ1) is 24.3. The van der Waals surface area contributed by atoms with Crippen LogP contribution in [-0.4, -0.2) is 9.55 Å². The number of aromatic nitrogens is 2. The summed E-state index contributed by atoms with van der Waals surface area (Å²) in [4.78, 5) is 6.10. The van der Waals surface area contributed by atoms with Crippen molar-refractivity contribution in [2.45, 2.75) is 0 Å². The van der Waals surface area contributed by atoms with E-state index in [1.54, 1.807) is 0 Å². The Hall–Kier alpha value is -6.58. The summed E-state index contributed by atoms with van der Waals surface area (Å²) in [6.45, 7) is 0. The lowest BCUT2D eigenvalue weighted by atomic mass is 10.0. The quantitative estimate of drug-likeness (QED) is 0.202. The SMILES string of the molecule is c1ccc(N(c2ccccc2)c2ccc(-c3ccc4c(c3)c3cc5[nH]c6c7ccccc7ccc6c5cc3n4-c3ccccc3)cc2)cc1. The summed E-state index contributed by atoms with van der Waals surface area (Å²) in [5, 5.41) is 7.46. The van der Waals surface area contributed by atoms with Crippen LogP contribution >= 0.6 is 0 Å². The molecule has 0 aliphatic rings. The van der Waals surface area contributed by atoms with E-state index in [2.05, 4.69) is 196 Å². The lowest BCUT2D eigenvalue weighted by Crippen LogP contribution is -2.09. The average molecular weight is 626 g/mol. The lowest BCUT2D eigenvalue weighted by Gasteiger charge is -2.25. The van der Waals surface area contributed by atoms with E-state index in [4.69, 9.17) is 0 Å². The molecule has 2 aromatic heterocycles. The van der Waals surface area contributed by atoms with Gasteiger partial charge in [-0.15, -0.1) is 0 Å². The molecule has 230 valence electrons. The normalized spacial score (nSPS) is 11.7. The molecule has 0 saturated heterocycles. The summed E-state index contributed by atoms with van der Waals surface area (Å²) in [5.41, 5.74) is 11.7. The molecule has 0 unspecified atom stereocenters. The number of benzene rings is 8. The highest BCUT2D eigenvalue weighted by Gasteiger charge is 2.18. The minimum Gasteiger partial charge on any atom is -0.354 e. The predicted molar refractivity (Wildman–Crippen MR) is 208 cm³/mol. The number of nitrogens with zero attached hydrogens (tertiary/aromatic N) is 2. The molecule has 1 N–H and O–H groups in total. The van der Waals surface area contributed by atoms with E-state index < -0.39 is 0 Å². The maximum absolute atomic E-state index is 3.80. The van der Waals surface area contributed by atoms with Gasteiger partial charge in [0.05, 0.1) is 16.6 Å². The molecule has 0 aliphatic heterocycles. The van der Waals surface area contributed by atoms with Gasteiger partial charge in [0.25, 0.3) is 0 Å². The van der Waals surface area contributed by atoms with Gasteiger partial charge in [0.2, 0.25) is 0 Å². The molecule has 0 fully saturated rings. The Labute approximate surface area is 283 Å². The smallest absolute Gasteiger partial charge is 0.0548 e. The van der Waals surface area contributed by atoms with Crippen molar-refractivity contribution >= 4 is 71.4 Å². The molecule has 0 amide bonds. The fraction of sp³-hybridized carbons (Fsp3) is 0. The number of hydrogen-bond donors (Lipinski definition) is 1. The van der Waals surface area contributed by atoms with Crippen molar-refractivity contribution in [1.82, 2.24) is 9.55 Å². The monoisotopic (exact) mass is 625 g/mol. The van der Waals surface area contributed by atoms with Crippen molar-refractivity contribution in [2.75, 3.05) is 4.90 Å². The number of aromatic amines is 1. The first-order valence-electron chi connectivity index (χ1n) is 16.8. The van der Waals surface area contributed by atoms with Crippen LogP contribution in [-0.2, 0) is 0 Å². The number of hydrogen-bond acceptors (Lipinski definition) is 1. The summed E-state index contributed by atoms with van der Waals surface area (Å²) < 4.78 is 2.41. The second-order valence-corrected chi connectivity index (χ2v) is 12.7. The summed E-state index contributed by atoms with van der Waals surface area (Å²) in [7, 11) is 0. The molecule has 0 aliphatic carbocycles.